The van der Waals surface area contributed by atoms with Crippen molar-refractivity contribution >= 4 is 19.4 Å². The summed E-state index contributed by atoms with van der Waals surface area (Å²) in [7, 11) is 0.145. The number of unbranched alkanes of at least 4 members (excludes halogenated alkanes) is 1. The first-order valence-corrected chi connectivity index (χ1v) is 11.1. The van der Waals surface area contributed by atoms with Crippen molar-refractivity contribution in [2.75, 3.05) is 6.61 Å². The molecule has 2 unspecified atom stereocenters. The Bertz CT molecular complexity index is 733. The SMILES string of the molecule is CCCCC(CC)COc1ccc(PC(=O)c2c(C)cc(C)cc2C)cc1.[Li+]. The van der Waals surface area contributed by atoms with Gasteiger partial charge in [0.2, 0.25) is 0 Å². The molecule has 4 heteroatoms. The third-order valence-electron chi connectivity index (χ3n) is 5.05. The molecule has 0 aliphatic heterocycles. The normalized spacial score (nSPS) is 12.0. The molecule has 2 aromatic rings. The second-order valence-corrected chi connectivity index (χ2v) is 8.76. The van der Waals surface area contributed by atoms with Gasteiger partial charge < -0.3 is 4.74 Å². The summed E-state index contributed by atoms with van der Waals surface area (Å²) in [6.45, 7) is 11.4. The summed E-state index contributed by atoms with van der Waals surface area (Å²) >= 11 is 0. The molecule has 0 spiro atoms. The van der Waals surface area contributed by atoms with Crippen molar-refractivity contribution in [3.05, 3.63) is 58.7 Å². The van der Waals surface area contributed by atoms with Crippen LogP contribution in [0, 0.1) is 26.7 Å². The molecule has 0 saturated heterocycles. The molecule has 0 aliphatic carbocycles. The molecular formula is C24H33LiO2P+. The van der Waals surface area contributed by atoms with Crippen LogP contribution in [0.4, 0.5) is 0 Å². The third kappa shape index (κ3) is 7.40. The number of hydrogen-bond donors (Lipinski definition) is 0. The van der Waals surface area contributed by atoms with Gasteiger partial charge in [-0.3, -0.25) is 4.79 Å². The summed E-state index contributed by atoms with van der Waals surface area (Å²) in [6, 6.07) is 12.2. The number of carbonyl (C=O) groups excluding carboxylic acids is 1. The van der Waals surface area contributed by atoms with Crippen LogP contribution in [0.25, 0.3) is 0 Å². The van der Waals surface area contributed by atoms with Gasteiger partial charge >= 0.3 is 18.9 Å². The number of benzene rings is 2. The molecule has 0 saturated carbocycles. The molecule has 0 aromatic heterocycles. The average molecular weight is 391 g/mol. The van der Waals surface area contributed by atoms with E-state index in [2.05, 4.69) is 32.9 Å². The van der Waals surface area contributed by atoms with Gasteiger partial charge in [0.1, 0.15) is 5.75 Å². The van der Waals surface area contributed by atoms with Gasteiger partial charge in [0, 0.05) is 5.56 Å². The molecule has 2 nitrogen and oxygen atoms in total. The van der Waals surface area contributed by atoms with E-state index in [4.69, 9.17) is 4.74 Å². The van der Waals surface area contributed by atoms with Gasteiger partial charge in [0.05, 0.1) is 6.61 Å². The van der Waals surface area contributed by atoms with E-state index in [9.17, 15) is 4.79 Å². The van der Waals surface area contributed by atoms with Crippen molar-refractivity contribution in [2.45, 2.75) is 60.3 Å². The molecular weight excluding hydrogens is 358 g/mol. The van der Waals surface area contributed by atoms with Gasteiger partial charge in [-0.2, -0.15) is 0 Å². The molecule has 0 aliphatic rings. The molecule has 2 aromatic carbocycles. The molecule has 2 atom stereocenters. The average Bonchev–Trinajstić information content (AvgIpc) is 2.62. The Morgan fingerprint density at radius 2 is 1.64 bits per heavy atom. The van der Waals surface area contributed by atoms with E-state index in [1.54, 1.807) is 0 Å². The predicted molar refractivity (Wildman–Crippen MR) is 118 cm³/mol. The van der Waals surface area contributed by atoms with E-state index >= 15 is 0 Å². The zero-order valence-corrected chi connectivity index (χ0v) is 19.4. The second-order valence-electron chi connectivity index (χ2n) is 7.48. The maximum atomic E-state index is 12.8. The smallest absolute Gasteiger partial charge is 0.493 e. The summed E-state index contributed by atoms with van der Waals surface area (Å²) in [5, 5.41) is 1.06. The summed E-state index contributed by atoms with van der Waals surface area (Å²) in [5.41, 5.74) is 4.44. The molecule has 0 N–H and O–H groups in total. The van der Waals surface area contributed by atoms with Gasteiger partial charge in [-0.1, -0.05) is 62.9 Å². The zero-order chi connectivity index (χ0) is 19.8. The van der Waals surface area contributed by atoms with E-state index in [0.29, 0.717) is 5.92 Å². The summed E-state index contributed by atoms with van der Waals surface area (Å²) in [6.07, 6.45) is 4.89. The van der Waals surface area contributed by atoms with Crippen molar-refractivity contribution in [3.63, 3.8) is 0 Å². The summed E-state index contributed by atoms with van der Waals surface area (Å²) < 4.78 is 5.97. The zero-order valence-electron chi connectivity index (χ0n) is 18.4. The van der Waals surface area contributed by atoms with Gasteiger partial charge in [-0.15, -0.1) is 0 Å². The van der Waals surface area contributed by atoms with Gasteiger partial charge in [0.25, 0.3) is 0 Å². The van der Waals surface area contributed by atoms with Crippen LogP contribution >= 0.6 is 8.58 Å². The van der Waals surface area contributed by atoms with Gasteiger partial charge in [-0.05, 0) is 70.3 Å². The fraction of sp³-hybridized carbons (Fsp3) is 0.458. The fourth-order valence-electron chi connectivity index (χ4n) is 3.48. The molecule has 0 fully saturated rings. The van der Waals surface area contributed by atoms with Crippen LogP contribution in [0.2, 0.25) is 0 Å². The first-order valence-electron chi connectivity index (χ1n) is 10.1. The van der Waals surface area contributed by atoms with Crippen LogP contribution in [0.5, 0.6) is 5.75 Å². The van der Waals surface area contributed by atoms with Crippen molar-refractivity contribution < 1.29 is 28.4 Å². The molecule has 0 bridgehead atoms. The summed E-state index contributed by atoms with van der Waals surface area (Å²) in [4.78, 5) is 12.8. The molecule has 2 rings (SSSR count). The standard InChI is InChI=1S/C24H33O2P.Li/c1-6-8-9-20(7-2)16-26-21-10-12-22(13-11-21)27-24(25)23-18(4)14-17(3)15-19(23)5;/h10-15,20,27H,6-9,16H2,1-5H3;/q;+1. The van der Waals surface area contributed by atoms with Crippen LogP contribution in [-0.4, -0.2) is 12.1 Å². The van der Waals surface area contributed by atoms with Crippen LogP contribution < -0.4 is 28.9 Å². The van der Waals surface area contributed by atoms with Crippen molar-refractivity contribution in [2.24, 2.45) is 5.92 Å². The Morgan fingerprint density at radius 3 is 2.18 bits per heavy atom. The molecule has 0 radical (unpaired) electrons. The third-order valence-corrected chi connectivity index (χ3v) is 6.14. The van der Waals surface area contributed by atoms with Gasteiger partial charge in [-0.25, -0.2) is 0 Å². The first kappa shape index (κ1) is 25.0. The van der Waals surface area contributed by atoms with Crippen LogP contribution in [0.15, 0.2) is 36.4 Å². The fourth-order valence-corrected chi connectivity index (χ4v) is 4.59. The van der Waals surface area contributed by atoms with Crippen LogP contribution in [-0.2, 0) is 0 Å². The van der Waals surface area contributed by atoms with Gasteiger partial charge in [0.15, 0.2) is 5.52 Å². The number of hydrogen-bond acceptors (Lipinski definition) is 2. The molecule has 0 heterocycles. The van der Waals surface area contributed by atoms with Crippen molar-refractivity contribution in [1.29, 1.82) is 0 Å². The van der Waals surface area contributed by atoms with Crippen LogP contribution in [0.1, 0.15) is 66.6 Å². The Morgan fingerprint density at radius 1 is 1.04 bits per heavy atom. The molecule has 146 valence electrons. The Balaban J connectivity index is 0.00000392. The maximum absolute atomic E-state index is 12.8. The molecule has 0 amide bonds. The minimum Gasteiger partial charge on any atom is -0.493 e. The second kappa shape index (κ2) is 12.5. The Hall–Kier alpha value is -1.06. The van der Waals surface area contributed by atoms with E-state index in [1.807, 2.05) is 38.1 Å². The Kier molecular flexibility index (Phi) is 11.1. The number of carbonyl (C=O) groups is 1. The summed E-state index contributed by atoms with van der Waals surface area (Å²) in [5.74, 6) is 1.52. The van der Waals surface area contributed by atoms with E-state index < -0.39 is 0 Å². The van der Waals surface area contributed by atoms with Crippen molar-refractivity contribution in [3.8, 4) is 5.75 Å². The van der Waals surface area contributed by atoms with E-state index in [0.717, 1.165) is 40.8 Å². The minimum absolute atomic E-state index is 0. The van der Waals surface area contributed by atoms with E-state index in [-0.39, 0.29) is 33.0 Å². The maximum Gasteiger partial charge on any atom is 1.00 e. The topological polar surface area (TPSA) is 26.3 Å². The predicted octanol–water partition coefficient (Wildman–Crippen LogP) is 3.36. The monoisotopic (exact) mass is 391 g/mol. The molecule has 28 heavy (non-hydrogen) atoms. The minimum atomic E-state index is 0. The quantitative estimate of drug-likeness (QED) is 0.459. The number of aryl methyl sites for hydroxylation is 3. The van der Waals surface area contributed by atoms with E-state index in [1.165, 1.54) is 24.8 Å². The number of ether oxygens (including phenoxy) is 1. The Labute approximate surface area is 184 Å². The van der Waals surface area contributed by atoms with Crippen molar-refractivity contribution in [1.82, 2.24) is 0 Å². The first-order chi connectivity index (χ1) is 12.9. The van der Waals surface area contributed by atoms with Crippen LogP contribution in [0.3, 0.4) is 0 Å². The number of rotatable bonds is 10. The largest absolute Gasteiger partial charge is 1.00 e.